The van der Waals surface area contributed by atoms with E-state index in [0.717, 1.165) is 5.92 Å². The summed E-state index contributed by atoms with van der Waals surface area (Å²) in [6.45, 7) is 5.98. The molecule has 1 N–H and O–H groups in total. The van der Waals surface area contributed by atoms with Gasteiger partial charge in [-0.1, -0.05) is 34.3 Å². The maximum atomic E-state index is 7.08. The third-order valence-electron chi connectivity index (χ3n) is 2.21. The monoisotopic (exact) mass is 367 g/mol. The Kier molecular flexibility index (Phi) is 14.8. The van der Waals surface area contributed by atoms with E-state index in [1.807, 2.05) is 19.6 Å². The molecule has 0 bridgehead atoms. The van der Waals surface area contributed by atoms with Gasteiger partial charge in [0.2, 0.25) is 0 Å². The quantitative estimate of drug-likeness (QED) is 0.362. The summed E-state index contributed by atoms with van der Waals surface area (Å²) in [6, 6.07) is 0. The minimum Gasteiger partial charge on any atom is -1.00 e. The van der Waals surface area contributed by atoms with Gasteiger partial charge in [0.25, 0.3) is 0 Å². The van der Waals surface area contributed by atoms with Gasteiger partial charge in [0.15, 0.2) is 0 Å². The van der Waals surface area contributed by atoms with Gasteiger partial charge in [-0.2, -0.15) is 0 Å². The van der Waals surface area contributed by atoms with Crippen molar-refractivity contribution in [2.45, 2.75) is 38.9 Å². The van der Waals surface area contributed by atoms with Crippen molar-refractivity contribution in [2.24, 2.45) is 5.92 Å². The molecule has 0 radical (unpaired) electrons. The summed E-state index contributed by atoms with van der Waals surface area (Å²) in [5.41, 5.74) is 1.58. The van der Waals surface area contributed by atoms with E-state index in [4.69, 9.17) is 5.40 Å². The fourth-order valence-corrected chi connectivity index (χ4v) is 1.66. The minimum absolute atomic E-state index is 0. The van der Waals surface area contributed by atoms with Gasteiger partial charge in [0.1, 0.15) is 0 Å². The first-order valence-electron chi connectivity index (χ1n) is 5.42. The van der Waals surface area contributed by atoms with E-state index >= 15 is 0 Å². The van der Waals surface area contributed by atoms with E-state index in [0.29, 0.717) is 0 Å². The van der Waals surface area contributed by atoms with Gasteiger partial charge >= 0.3 is 26.2 Å². The fourth-order valence-electron chi connectivity index (χ4n) is 1.66. The Balaban J connectivity index is -0.000000222. The van der Waals surface area contributed by atoms with Crippen LogP contribution in [0.4, 0.5) is 0 Å². The smallest absolute Gasteiger partial charge is 1.00 e. The average Bonchev–Trinajstić information content (AvgIpc) is 2.47. The zero-order valence-electron chi connectivity index (χ0n) is 10.8. The van der Waals surface area contributed by atoms with E-state index in [9.17, 15) is 0 Å². The van der Waals surface area contributed by atoms with Crippen LogP contribution in [-0.4, -0.2) is 8.24 Å². The SMILES string of the molecule is C1=CCC2CC[CH-]C2=C1.C[Si](C)(C)[NH-].[Cl-].[Cl-].[Zr+4]. The molecule has 0 heterocycles. The van der Waals surface area contributed by atoms with Crippen molar-refractivity contribution in [1.82, 2.24) is 0 Å². The van der Waals surface area contributed by atoms with E-state index in [1.54, 1.807) is 5.57 Å². The van der Waals surface area contributed by atoms with Crippen molar-refractivity contribution in [3.8, 4) is 0 Å². The molecule has 2 rings (SSSR count). The van der Waals surface area contributed by atoms with Gasteiger partial charge in [-0.25, -0.2) is 18.1 Å². The number of fused-ring (bicyclic) bond motifs is 1. The molecule has 0 saturated heterocycles. The van der Waals surface area contributed by atoms with Gasteiger partial charge in [0, 0.05) is 0 Å². The Morgan fingerprint density at radius 3 is 2.29 bits per heavy atom. The molecule has 5 heteroatoms. The molecule has 0 spiro atoms. The summed E-state index contributed by atoms with van der Waals surface area (Å²) < 4.78 is 0. The van der Waals surface area contributed by atoms with Crippen LogP contribution >= 0.6 is 0 Å². The Hall–Kier alpha value is 0.990. The van der Waals surface area contributed by atoms with Crippen molar-refractivity contribution in [3.05, 3.63) is 35.6 Å². The third-order valence-corrected chi connectivity index (χ3v) is 2.21. The minimum atomic E-state index is -1.36. The summed E-state index contributed by atoms with van der Waals surface area (Å²) in [5, 5.41) is 7.08. The molecule has 17 heavy (non-hydrogen) atoms. The predicted octanol–water partition coefficient (Wildman–Crippen LogP) is -1.63. The van der Waals surface area contributed by atoms with Crippen LogP contribution in [0.1, 0.15) is 19.3 Å². The van der Waals surface area contributed by atoms with Gasteiger partial charge in [-0.05, 0) is 12.3 Å². The van der Waals surface area contributed by atoms with Crippen LogP contribution in [0.25, 0.3) is 5.40 Å². The molecular formula is C12H21Cl2NSiZr. The van der Waals surface area contributed by atoms with Crippen LogP contribution in [0.15, 0.2) is 23.8 Å². The van der Waals surface area contributed by atoms with Crippen molar-refractivity contribution >= 4 is 8.24 Å². The zero-order valence-corrected chi connectivity index (χ0v) is 15.7. The van der Waals surface area contributed by atoms with Crippen LogP contribution in [0, 0.1) is 12.3 Å². The van der Waals surface area contributed by atoms with E-state index < -0.39 is 8.24 Å². The first-order chi connectivity index (χ1) is 6.47. The van der Waals surface area contributed by atoms with Gasteiger partial charge in [-0.15, -0.1) is 18.6 Å². The average molecular weight is 370 g/mol. The molecule has 0 amide bonds. The summed E-state index contributed by atoms with van der Waals surface area (Å²) in [5.74, 6) is 0.884. The first kappa shape index (κ1) is 23.1. The second-order valence-corrected chi connectivity index (χ2v) is 9.56. The summed E-state index contributed by atoms with van der Waals surface area (Å²) >= 11 is 0. The Morgan fingerprint density at radius 1 is 1.29 bits per heavy atom. The third kappa shape index (κ3) is 11.8. The maximum Gasteiger partial charge on any atom is 4.00 e. The molecule has 1 nitrogen and oxygen atoms in total. The molecule has 0 aromatic carbocycles. The van der Waals surface area contributed by atoms with Crippen molar-refractivity contribution in [2.75, 3.05) is 0 Å². The van der Waals surface area contributed by atoms with Gasteiger partial charge < -0.3 is 30.2 Å². The predicted molar refractivity (Wildman–Crippen MR) is 66.5 cm³/mol. The van der Waals surface area contributed by atoms with Crippen molar-refractivity contribution in [1.29, 1.82) is 0 Å². The summed E-state index contributed by atoms with van der Waals surface area (Å²) in [6.07, 6.45) is 13.0. The van der Waals surface area contributed by atoms with Crippen LogP contribution in [0.3, 0.4) is 0 Å². The van der Waals surface area contributed by atoms with Crippen LogP contribution in [0.2, 0.25) is 19.6 Å². The number of hydrogen-bond donors (Lipinski definition) is 0. The number of nitrogens with one attached hydrogen (secondary N) is 1. The fraction of sp³-hybridized carbons (Fsp3) is 0.583. The van der Waals surface area contributed by atoms with E-state index in [-0.39, 0.29) is 51.0 Å². The largest absolute Gasteiger partial charge is 4.00 e. The van der Waals surface area contributed by atoms with Crippen LogP contribution in [-0.2, 0) is 26.2 Å². The molecule has 0 aromatic heterocycles. The van der Waals surface area contributed by atoms with Crippen LogP contribution < -0.4 is 24.8 Å². The van der Waals surface area contributed by atoms with Crippen molar-refractivity contribution in [3.63, 3.8) is 0 Å². The molecule has 2 aliphatic rings. The van der Waals surface area contributed by atoms with Gasteiger partial charge in [-0.3, -0.25) is 0 Å². The Bertz CT molecular complexity index is 243. The second kappa shape index (κ2) is 10.9. The summed E-state index contributed by atoms with van der Waals surface area (Å²) in [7, 11) is -1.36. The normalized spacial score (nSPS) is 20.0. The first-order valence-corrected chi connectivity index (χ1v) is 8.92. The molecule has 2 aliphatic carbocycles. The van der Waals surface area contributed by atoms with Gasteiger partial charge in [0.05, 0.1) is 0 Å². The number of allylic oxidation sites excluding steroid dienone is 4. The molecule has 1 saturated carbocycles. The van der Waals surface area contributed by atoms with E-state index in [1.165, 1.54) is 19.3 Å². The van der Waals surface area contributed by atoms with Crippen molar-refractivity contribution < 1.29 is 51.0 Å². The zero-order chi connectivity index (χ0) is 10.6. The van der Waals surface area contributed by atoms with E-state index in [2.05, 4.69) is 24.6 Å². The topological polar surface area (TPSA) is 23.8 Å². The summed E-state index contributed by atoms with van der Waals surface area (Å²) in [4.78, 5) is 0. The Morgan fingerprint density at radius 2 is 1.82 bits per heavy atom. The maximum absolute atomic E-state index is 7.08. The molecule has 1 unspecified atom stereocenters. The molecule has 1 fully saturated rings. The molecule has 0 aliphatic heterocycles. The second-order valence-electron chi connectivity index (χ2n) is 5.06. The molecular weight excluding hydrogens is 348 g/mol. The molecule has 0 aromatic rings. The number of rotatable bonds is 0. The van der Waals surface area contributed by atoms with Crippen LogP contribution in [0.5, 0.6) is 0 Å². The molecule has 96 valence electrons. The molecule has 1 atom stereocenters. The number of hydrogen-bond acceptors (Lipinski definition) is 0. The Labute approximate surface area is 139 Å². The standard InChI is InChI=1S/C9H11.C3H10NSi.2ClH.Zr/c1-2-5-9-7-3-6-8(9)4-1;1-5(2,3)4;;;/h1-2,4,6,9H,3,5,7H2;4H,1-3H3;2*1H;/q2*-1;;;+4/p-2. The number of halogens is 2.